The van der Waals surface area contributed by atoms with Gasteiger partial charge in [-0.05, 0) is 203 Å². The Balaban J connectivity index is 0.965. The maximum absolute atomic E-state index is 2.71. The van der Waals surface area contributed by atoms with Gasteiger partial charge in [-0.2, -0.15) is 0 Å². The molecule has 0 amide bonds. The lowest BCUT2D eigenvalue weighted by molar-refractivity contribution is 0.195. The molecule has 8 aromatic carbocycles. The maximum atomic E-state index is 2.71. The molecule has 2 heteroatoms. The summed E-state index contributed by atoms with van der Waals surface area (Å²) in [6.45, 7) is 14.9. The van der Waals surface area contributed by atoms with Crippen LogP contribution in [0, 0.1) is 13.8 Å². The van der Waals surface area contributed by atoms with E-state index in [1.54, 1.807) is 0 Å². The van der Waals surface area contributed by atoms with E-state index in [-0.39, 0.29) is 21.9 Å². The van der Waals surface area contributed by atoms with E-state index < -0.39 is 5.41 Å². The van der Waals surface area contributed by atoms with Crippen LogP contribution in [0.25, 0.3) is 44.5 Å². The molecule has 0 N–H and O–H groups in total. The van der Waals surface area contributed by atoms with Gasteiger partial charge in [-0.25, -0.2) is 0 Å². The summed E-state index contributed by atoms with van der Waals surface area (Å²) in [5.74, 6) is 0. The second-order valence-corrected chi connectivity index (χ2v) is 22.7. The first-order valence-corrected chi connectivity index (χ1v) is 26.0. The van der Waals surface area contributed by atoms with E-state index in [1.165, 1.54) is 163 Å². The maximum Gasteiger partial charge on any atom is 0.0725 e. The number of para-hydroxylation sites is 2. The third kappa shape index (κ3) is 5.13. The monoisotopic (exact) mass is 894 g/mol. The van der Waals surface area contributed by atoms with Crippen LogP contribution >= 0.6 is 0 Å². The molecule has 4 atom stereocenters. The smallest absolute Gasteiger partial charge is 0.0725 e. The second kappa shape index (κ2) is 14.2. The highest BCUT2D eigenvalue weighted by Gasteiger charge is 2.59. The summed E-state index contributed by atoms with van der Waals surface area (Å²) >= 11 is 0. The number of hydrogen-bond donors (Lipinski definition) is 0. The Bertz CT molecular complexity index is 3230. The lowest BCUT2D eigenvalue weighted by Crippen LogP contribution is -2.54. The van der Waals surface area contributed by atoms with Gasteiger partial charge in [0.05, 0.1) is 16.5 Å². The minimum Gasteiger partial charge on any atom is -0.334 e. The third-order valence-electron chi connectivity index (χ3n) is 19.6. The van der Waals surface area contributed by atoms with Gasteiger partial charge < -0.3 is 9.80 Å². The van der Waals surface area contributed by atoms with Gasteiger partial charge in [0.2, 0.25) is 0 Å². The van der Waals surface area contributed by atoms with Gasteiger partial charge in [0.25, 0.3) is 0 Å². The Labute approximate surface area is 409 Å². The van der Waals surface area contributed by atoms with E-state index in [0.717, 1.165) is 0 Å². The van der Waals surface area contributed by atoms with Crippen LogP contribution in [-0.4, -0.2) is 11.1 Å². The van der Waals surface area contributed by atoms with E-state index in [2.05, 4.69) is 221 Å². The number of benzene rings is 8. The largest absolute Gasteiger partial charge is 0.334 e. The van der Waals surface area contributed by atoms with Crippen molar-refractivity contribution in [2.24, 2.45) is 0 Å². The molecule has 340 valence electrons. The van der Waals surface area contributed by atoms with Crippen LogP contribution in [0.4, 0.5) is 22.7 Å². The van der Waals surface area contributed by atoms with Gasteiger partial charge in [0.15, 0.2) is 0 Å². The van der Waals surface area contributed by atoms with Gasteiger partial charge in [-0.3, -0.25) is 0 Å². The first-order valence-electron chi connectivity index (χ1n) is 26.0. The standard InChI is InChI=1S/C67H62N2/c1-43-37-61-59(63(3)33-17-19-35-65(63,5)68(61)47-21-9-7-10-22-47)41-53(43)45-29-31-51-52-32-30-46(40-58(52)67(57(51)39-45)55-27-15-13-25-49(55)50-26-14-16-28-56(50)67)54-42-60-62(38-44(54)2)69(48-23-11-8-12-24-48)66(6)36-20-18-34-64(60,66)4/h7-16,21-32,37-42H,17-20,33-36H2,1-6H3. The number of fused-ring (bicyclic) bond motifs is 16. The third-order valence-corrected chi connectivity index (χ3v) is 19.6. The lowest BCUT2D eigenvalue weighted by atomic mass is 9.61. The first kappa shape index (κ1) is 41.3. The predicted molar refractivity (Wildman–Crippen MR) is 289 cm³/mol. The van der Waals surface area contributed by atoms with Crippen molar-refractivity contribution in [2.75, 3.05) is 9.80 Å². The number of nitrogens with zero attached hydrogens (tertiary/aromatic N) is 2. The van der Waals surface area contributed by atoms with Crippen LogP contribution in [0.2, 0.25) is 0 Å². The molecular formula is C67H62N2. The first-order chi connectivity index (χ1) is 33.5. The Morgan fingerprint density at radius 1 is 0.333 bits per heavy atom. The summed E-state index contributed by atoms with van der Waals surface area (Å²) in [7, 11) is 0. The van der Waals surface area contributed by atoms with E-state index in [9.17, 15) is 0 Å². The van der Waals surface area contributed by atoms with Gasteiger partial charge in [0.1, 0.15) is 0 Å². The van der Waals surface area contributed by atoms with E-state index in [0.29, 0.717) is 0 Å². The number of aryl methyl sites for hydroxylation is 2. The van der Waals surface area contributed by atoms with Gasteiger partial charge >= 0.3 is 0 Å². The molecule has 14 rings (SSSR count). The SMILES string of the molecule is Cc1cc2c(cc1-c1ccc3c(c1)C1(c4ccccc4-c4ccccc41)c1cc(-c4cc5c(cc4C)N(c4ccccc4)C4(C)CCCCC54C)ccc1-3)C1(C)CCCCC1(C)N2c1ccccc1. The Morgan fingerprint density at radius 2 is 0.710 bits per heavy atom. The summed E-state index contributed by atoms with van der Waals surface area (Å²) in [5.41, 5.74) is 27.0. The van der Waals surface area contributed by atoms with Crippen LogP contribution in [0.15, 0.2) is 170 Å². The second-order valence-electron chi connectivity index (χ2n) is 22.7. The fourth-order valence-corrected chi connectivity index (χ4v) is 15.8. The molecule has 2 nitrogen and oxygen atoms in total. The minimum absolute atomic E-state index is 0.00482. The molecule has 69 heavy (non-hydrogen) atoms. The van der Waals surface area contributed by atoms with E-state index in [1.807, 2.05) is 0 Å². The van der Waals surface area contributed by atoms with Crippen LogP contribution in [0.3, 0.4) is 0 Å². The van der Waals surface area contributed by atoms with Crippen LogP contribution < -0.4 is 9.80 Å². The average Bonchev–Trinajstić information content (AvgIpc) is 3.97. The fraction of sp³-hybridized carbons (Fsp3) is 0.284. The van der Waals surface area contributed by atoms with Crippen molar-refractivity contribution < 1.29 is 0 Å². The zero-order valence-electron chi connectivity index (χ0n) is 41.2. The molecule has 4 aliphatic carbocycles. The molecule has 0 aromatic heterocycles. The molecule has 2 saturated carbocycles. The van der Waals surface area contributed by atoms with Crippen molar-refractivity contribution in [3.63, 3.8) is 0 Å². The molecule has 8 aromatic rings. The quantitative estimate of drug-likeness (QED) is 0.174. The number of hydrogen-bond acceptors (Lipinski definition) is 2. The highest BCUT2D eigenvalue weighted by Crippen LogP contribution is 2.66. The normalized spacial score (nSPS) is 25.1. The number of anilines is 4. The van der Waals surface area contributed by atoms with Crippen molar-refractivity contribution in [3.05, 3.63) is 214 Å². The highest BCUT2D eigenvalue weighted by molar-refractivity contribution is 5.97. The summed E-state index contributed by atoms with van der Waals surface area (Å²) in [6, 6.07) is 66.3. The van der Waals surface area contributed by atoms with Crippen LogP contribution in [0.1, 0.15) is 124 Å². The average molecular weight is 895 g/mol. The Morgan fingerprint density at radius 3 is 1.14 bits per heavy atom. The van der Waals surface area contributed by atoms with E-state index >= 15 is 0 Å². The molecule has 0 bridgehead atoms. The summed E-state index contributed by atoms with van der Waals surface area (Å²) in [6.07, 6.45) is 9.87. The molecule has 2 fully saturated rings. The van der Waals surface area contributed by atoms with Crippen molar-refractivity contribution in [1.29, 1.82) is 0 Å². The lowest BCUT2D eigenvalue weighted by Gasteiger charge is -2.50. The van der Waals surface area contributed by atoms with Gasteiger partial charge in [-0.15, -0.1) is 0 Å². The Hall–Kier alpha value is -6.64. The molecule has 4 unspecified atom stereocenters. The fourth-order valence-electron chi connectivity index (χ4n) is 15.8. The molecular weight excluding hydrogens is 833 g/mol. The van der Waals surface area contributed by atoms with Crippen molar-refractivity contribution >= 4 is 22.7 Å². The van der Waals surface area contributed by atoms with Crippen molar-refractivity contribution in [3.8, 4) is 44.5 Å². The predicted octanol–water partition coefficient (Wildman–Crippen LogP) is 17.5. The highest BCUT2D eigenvalue weighted by atomic mass is 15.3. The summed E-state index contributed by atoms with van der Waals surface area (Å²) < 4.78 is 0. The Kier molecular flexibility index (Phi) is 8.52. The molecule has 0 radical (unpaired) electrons. The van der Waals surface area contributed by atoms with Crippen molar-refractivity contribution in [2.45, 2.75) is 120 Å². The minimum atomic E-state index is -0.463. The molecule has 2 aliphatic heterocycles. The summed E-state index contributed by atoms with van der Waals surface area (Å²) in [4.78, 5) is 5.43. The zero-order valence-corrected chi connectivity index (χ0v) is 41.2. The molecule has 2 heterocycles. The van der Waals surface area contributed by atoms with Crippen molar-refractivity contribution in [1.82, 2.24) is 0 Å². The summed E-state index contributed by atoms with van der Waals surface area (Å²) in [5, 5.41) is 0. The van der Waals surface area contributed by atoms with Crippen LogP contribution in [-0.2, 0) is 16.2 Å². The molecule has 6 aliphatic rings. The number of rotatable bonds is 4. The zero-order chi connectivity index (χ0) is 46.7. The molecule has 1 spiro atoms. The topological polar surface area (TPSA) is 6.48 Å². The van der Waals surface area contributed by atoms with E-state index in [4.69, 9.17) is 0 Å². The van der Waals surface area contributed by atoms with Crippen LogP contribution in [0.5, 0.6) is 0 Å². The van der Waals surface area contributed by atoms with Gasteiger partial charge in [0, 0.05) is 33.6 Å². The van der Waals surface area contributed by atoms with Gasteiger partial charge in [-0.1, -0.05) is 149 Å². The molecule has 0 saturated heterocycles.